The van der Waals surface area contributed by atoms with Crippen LogP contribution in [0.15, 0.2) is 94.7 Å². The summed E-state index contributed by atoms with van der Waals surface area (Å²) >= 11 is 6.99. The first kappa shape index (κ1) is 23.8. The molecule has 0 saturated heterocycles. The Balaban J connectivity index is 1.43. The summed E-state index contributed by atoms with van der Waals surface area (Å²) in [6.45, 7) is 13.5. The van der Waals surface area contributed by atoms with Crippen LogP contribution in [0.1, 0.15) is 58.1 Å². The summed E-state index contributed by atoms with van der Waals surface area (Å²) < 4.78 is 2.07. The molecule has 35 heavy (non-hydrogen) atoms. The molecule has 0 fully saturated rings. The minimum atomic E-state index is -0.0900. The molecule has 2 aromatic carbocycles. The van der Waals surface area contributed by atoms with E-state index < -0.39 is 0 Å². The van der Waals surface area contributed by atoms with E-state index in [0.717, 1.165) is 24.3 Å². The fraction of sp³-hybridized carbons (Fsp3) is 0.312. The van der Waals surface area contributed by atoms with Crippen molar-refractivity contribution >= 4 is 29.7 Å². The lowest BCUT2D eigenvalue weighted by Crippen LogP contribution is -2.24. The van der Waals surface area contributed by atoms with E-state index in [0.29, 0.717) is 0 Å². The van der Waals surface area contributed by atoms with Crippen molar-refractivity contribution in [1.82, 2.24) is 0 Å². The van der Waals surface area contributed by atoms with Crippen LogP contribution in [0.2, 0.25) is 0 Å². The molecule has 0 N–H and O–H groups in total. The number of anilines is 1. The van der Waals surface area contributed by atoms with Crippen LogP contribution >= 0.6 is 11.6 Å². The third-order valence-electron chi connectivity index (χ3n) is 8.08. The van der Waals surface area contributed by atoms with Gasteiger partial charge in [0.2, 0.25) is 0 Å². The van der Waals surface area contributed by atoms with Crippen LogP contribution in [0.25, 0.3) is 0 Å². The zero-order valence-corrected chi connectivity index (χ0v) is 22.3. The van der Waals surface area contributed by atoms with E-state index in [4.69, 9.17) is 11.6 Å². The highest BCUT2D eigenvalue weighted by Gasteiger charge is 2.42. The molecule has 0 atom stereocenters. The lowest BCUT2D eigenvalue weighted by Gasteiger charge is -2.25. The molecule has 2 aromatic rings. The first-order valence-electron chi connectivity index (χ1n) is 12.5. The van der Waals surface area contributed by atoms with E-state index >= 15 is 0 Å². The Bertz CT molecular complexity index is 1320. The molecule has 1 aliphatic carbocycles. The number of para-hydroxylation sites is 2. The summed E-state index contributed by atoms with van der Waals surface area (Å²) in [7, 11) is 2.16. The second kappa shape index (κ2) is 8.60. The average molecular weight is 483 g/mol. The third kappa shape index (κ3) is 3.79. The molecule has 0 bridgehead atoms. The summed E-state index contributed by atoms with van der Waals surface area (Å²) in [5.41, 5.74) is 8.75. The fourth-order valence-corrected chi connectivity index (χ4v) is 6.32. The molecule has 3 aliphatic rings. The van der Waals surface area contributed by atoms with E-state index in [1.165, 1.54) is 45.4 Å². The van der Waals surface area contributed by atoms with Crippen molar-refractivity contribution in [3.05, 3.63) is 112 Å². The molecule has 3 heteroatoms. The van der Waals surface area contributed by atoms with Crippen molar-refractivity contribution in [1.29, 1.82) is 0 Å². The maximum absolute atomic E-state index is 6.99. The van der Waals surface area contributed by atoms with Crippen LogP contribution < -0.4 is 4.90 Å². The second-order valence-electron chi connectivity index (χ2n) is 10.9. The smallest absolute Gasteiger partial charge is 0.135 e. The van der Waals surface area contributed by atoms with E-state index in [1.54, 1.807) is 0 Å². The summed E-state index contributed by atoms with van der Waals surface area (Å²) in [5.74, 6) is 0. The molecule has 2 heterocycles. The maximum atomic E-state index is 6.99. The Labute approximate surface area is 215 Å². The average Bonchev–Trinajstić information content (AvgIpc) is 3.16. The zero-order valence-electron chi connectivity index (χ0n) is 21.5. The first-order chi connectivity index (χ1) is 16.6. The highest BCUT2D eigenvalue weighted by Crippen LogP contribution is 2.49. The van der Waals surface area contributed by atoms with Gasteiger partial charge in [-0.3, -0.25) is 4.58 Å². The van der Waals surface area contributed by atoms with Gasteiger partial charge in [0.15, 0.2) is 0 Å². The second-order valence-corrected chi connectivity index (χ2v) is 11.3. The number of likely N-dealkylation sites (N-methyl/N-ethyl adjacent to an activating group) is 1. The largest absolute Gasteiger partial charge is 0.347 e. The Kier molecular flexibility index (Phi) is 5.84. The van der Waals surface area contributed by atoms with Crippen LogP contribution in [-0.4, -0.2) is 18.3 Å². The topological polar surface area (TPSA) is 6.25 Å². The predicted octanol–water partition coefficient (Wildman–Crippen LogP) is 8.33. The van der Waals surface area contributed by atoms with Crippen molar-refractivity contribution in [2.45, 2.75) is 57.8 Å². The number of halogens is 1. The molecule has 0 aromatic heterocycles. The van der Waals surface area contributed by atoms with Crippen LogP contribution in [-0.2, 0) is 10.8 Å². The molecule has 5 rings (SSSR count). The molecule has 2 aliphatic heterocycles. The van der Waals surface area contributed by atoms with Crippen LogP contribution in [0.3, 0.4) is 0 Å². The molecular formula is C32H35ClN2. The van der Waals surface area contributed by atoms with Crippen LogP contribution in [0.4, 0.5) is 11.4 Å². The maximum Gasteiger partial charge on any atom is 0.135 e. The number of hydrogen-bond donors (Lipinski definition) is 0. The fourth-order valence-electron chi connectivity index (χ4n) is 6.01. The number of allylic oxidation sites excluding steroid dienone is 7. The van der Waals surface area contributed by atoms with Crippen molar-refractivity contribution in [3.8, 4) is 0 Å². The van der Waals surface area contributed by atoms with Gasteiger partial charge in [0.1, 0.15) is 11.7 Å². The Morgan fingerprint density at radius 2 is 1.66 bits per heavy atom. The van der Waals surface area contributed by atoms with E-state index in [2.05, 4.69) is 124 Å². The normalized spacial score (nSPS) is 23.1. The predicted molar refractivity (Wildman–Crippen MR) is 150 cm³/mol. The number of nitrogens with zero attached hydrogens (tertiary/aromatic N) is 2. The molecule has 0 unspecified atom stereocenters. The van der Waals surface area contributed by atoms with Gasteiger partial charge in [-0.15, -0.1) is 6.08 Å². The highest BCUT2D eigenvalue weighted by atomic mass is 35.5. The lowest BCUT2D eigenvalue weighted by atomic mass is 9.80. The number of benzene rings is 2. The minimum Gasteiger partial charge on any atom is -0.347 e. The molecule has 0 saturated carbocycles. The monoisotopic (exact) mass is 482 g/mol. The van der Waals surface area contributed by atoms with Crippen LogP contribution in [0, 0.1) is 6.04 Å². The number of fused-ring (bicyclic) bond motifs is 2. The quantitative estimate of drug-likeness (QED) is 0.315. The van der Waals surface area contributed by atoms with E-state index in [9.17, 15) is 0 Å². The summed E-state index contributed by atoms with van der Waals surface area (Å²) in [6.07, 6.45) is 12.1. The number of rotatable bonds is 3. The van der Waals surface area contributed by atoms with E-state index in [-0.39, 0.29) is 10.8 Å². The van der Waals surface area contributed by atoms with Gasteiger partial charge in [-0.1, -0.05) is 93.4 Å². The molecule has 0 radical (unpaired) electrons. The minimum absolute atomic E-state index is 0.0344. The summed E-state index contributed by atoms with van der Waals surface area (Å²) in [6, 6.07) is 18.4. The van der Waals surface area contributed by atoms with Crippen molar-refractivity contribution < 1.29 is 4.58 Å². The van der Waals surface area contributed by atoms with Crippen LogP contribution in [0.5, 0.6) is 0 Å². The van der Waals surface area contributed by atoms with Gasteiger partial charge in [0.25, 0.3) is 0 Å². The lowest BCUT2D eigenvalue weighted by molar-refractivity contribution is -0.405. The van der Waals surface area contributed by atoms with Gasteiger partial charge in [-0.2, -0.15) is 0 Å². The van der Waals surface area contributed by atoms with Gasteiger partial charge in [0.05, 0.1) is 6.72 Å². The Morgan fingerprint density at radius 1 is 0.971 bits per heavy atom. The van der Waals surface area contributed by atoms with Crippen molar-refractivity contribution in [3.63, 3.8) is 0 Å². The molecular weight excluding hydrogens is 448 g/mol. The first-order valence-corrected chi connectivity index (χ1v) is 12.9. The standard InChI is InChI=1S/C32H35ClN2/c1-31(2)24-14-7-9-16-26(24)34(5)28(31)20-18-22-12-11-13-23(30(22)33)19-21-29-32(3,4)25-15-8-10-17-27(25)35(29)6/h7-10,14-21H,5,11-13H2,1-4,6H3/b20-18+,23-19+,29-21+. The number of hydrogen-bond acceptors (Lipinski definition) is 1. The molecule has 180 valence electrons. The van der Waals surface area contributed by atoms with E-state index in [1.807, 2.05) is 0 Å². The Hall–Kier alpha value is -2.97. The molecule has 0 amide bonds. The van der Waals surface area contributed by atoms with Gasteiger partial charge in [-0.25, -0.2) is 0 Å². The van der Waals surface area contributed by atoms with Crippen molar-refractivity contribution in [2.75, 3.05) is 11.9 Å². The zero-order chi connectivity index (χ0) is 25.0. The Morgan fingerprint density at radius 3 is 2.37 bits per heavy atom. The SMILES string of the molecule is C=[N+]1c2ccccc2C(C)(C)[C-]1/C=C/C1=C(Cl)C(=C/C=C2/N(C)c3ccccc3C2(C)C)/CCC1. The summed E-state index contributed by atoms with van der Waals surface area (Å²) in [4.78, 5) is 2.31. The van der Waals surface area contributed by atoms with Gasteiger partial charge < -0.3 is 4.90 Å². The third-order valence-corrected chi connectivity index (χ3v) is 8.57. The van der Waals surface area contributed by atoms with Crippen molar-refractivity contribution in [2.24, 2.45) is 0 Å². The van der Waals surface area contributed by atoms with Gasteiger partial charge in [-0.05, 0) is 54.2 Å². The highest BCUT2D eigenvalue weighted by molar-refractivity contribution is 6.32. The van der Waals surface area contributed by atoms with Gasteiger partial charge >= 0.3 is 0 Å². The van der Waals surface area contributed by atoms with Gasteiger partial charge in [0, 0.05) is 34.3 Å². The molecule has 0 spiro atoms. The summed E-state index contributed by atoms with van der Waals surface area (Å²) in [5, 5.41) is 0.893. The molecule has 2 nitrogen and oxygen atoms in total.